The summed E-state index contributed by atoms with van der Waals surface area (Å²) in [6.07, 6.45) is 2.03. The lowest BCUT2D eigenvalue weighted by Crippen LogP contribution is -2.27. The zero-order chi connectivity index (χ0) is 11.5. The van der Waals surface area contributed by atoms with Gasteiger partial charge in [0.15, 0.2) is 0 Å². The van der Waals surface area contributed by atoms with E-state index in [0.29, 0.717) is 5.92 Å². The second-order valence-corrected chi connectivity index (χ2v) is 4.31. The Morgan fingerprint density at radius 2 is 2.31 bits per heavy atom. The first-order chi connectivity index (χ1) is 7.70. The van der Waals surface area contributed by atoms with Gasteiger partial charge in [0.25, 0.3) is 0 Å². The van der Waals surface area contributed by atoms with E-state index >= 15 is 0 Å². The van der Waals surface area contributed by atoms with Crippen LogP contribution in [0.25, 0.3) is 0 Å². The molecule has 1 atom stereocenters. The summed E-state index contributed by atoms with van der Waals surface area (Å²) < 4.78 is 5.34. The topological polar surface area (TPSA) is 38.3 Å². The Labute approximate surface area is 95.8 Å². The zero-order valence-corrected chi connectivity index (χ0v) is 9.75. The summed E-state index contributed by atoms with van der Waals surface area (Å²) in [5.41, 5.74) is 2.66. The second kappa shape index (κ2) is 4.56. The summed E-state index contributed by atoms with van der Waals surface area (Å²) in [6.45, 7) is 2.32. The van der Waals surface area contributed by atoms with Crippen molar-refractivity contribution in [2.45, 2.75) is 19.8 Å². The molecule has 1 aromatic rings. The van der Waals surface area contributed by atoms with Gasteiger partial charge in [-0.25, -0.2) is 0 Å². The molecule has 0 bridgehead atoms. The number of carbonyl (C=O) groups is 1. The minimum absolute atomic E-state index is 0.0444. The van der Waals surface area contributed by atoms with Crippen LogP contribution in [0, 0.1) is 5.92 Å². The number of benzene rings is 1. The molecule has 16 heavy (non-hydrogen) atoms. The maximum Gasteiger partial charge on any atom is 0.216 e. The average molecular weight is 219 g/mol. The van der Waals surface area contributed by atoms with E-state index in [1.807, 2.05) is 12.1 Å². The monoisotopic (exact) mass is 219 g/mol. The molecule has 2 rings (SSSR count). The van der Waals surface area contributed by atoms with Crippen molar-refractivity contribution in [2.75, 3.05) is 13.7 Å². The quantitative estimate of drug-likeness (QED) is 0.837. The van der Waals surface area contributed by atoms with E-state index in [4.69, 9.17) is 4.74 Å². The molecule has 3 heteroatoms. The molecule has 0 aliphatic heterocycles. The maximum atomic E-state index is 10.9. The van der Waals surface area contributed by atoms with E-state index in [1.54, 1.807) is 14.0 Å². The minimum atomic E-state index is 0.0444. The third-order valence-electron chi connectivity index (χ3n) is 3.09. The van der Waals surface area contributed by atoms with Crippen molar-refractivity contribution in [1.82, 2.24) is 5.32 Å². The molecule has 0 saturated carbocycles. The highest BCUT2D eigenvalue weighted by Gasteiger charge is 2.24. The van der Waals surface area contributed by atoms with Crippen molar-refractivity contribution in [3.63, 3.8) is 0 Å². The standard InChI is InChI=1S/C13H17NO2/c1-9(15)14-8-10-6-11-4-3-5-13(16-2)12(11)7-10/h3-5,10H,6-8H2,1-2H3,(H,14,15). The fourth-order valence-corrected chi connectivity index (χ4v) is 2.33. The number of hydrogen-bond donors (Lipinski definition) is 1. The predicted octanol–water partition coefficient (Wildman–Crippen LogP) is 1.55. The largest absolute Gasteiger partial charge is 0.496 e. The minimum Gasteiger partial charge on any atom is -0.496 e. The molecule has 1 aliphatic rings. The van der Waals surface area contributed by atoms with E-state index in [0.717, 1.165) is 25.1 Å². The van der Waals surface area contributed by atoms with Gasteiger partial charge in [-0.15, -0.1) is 0 Å². The number of carbonyl (C=O) groups excluding carboxylic acids is 1. The molecule has 1 aromatic carbocycles. The van der Waals surface area contributed by atoms with Gasteiger partial charge in [0, 0.05) is 13.5 Å². The van der Waals surface area contributed by atoms with E-state index < -0.39 is 0 Å². The van der Waals surface area contributed by atoms with Crippen LogP contribution >= 0.6 is 0 Å². The van der Waals surface area contributed by atoms with Crippen molar-refractivity contribution >= 4 is 5.91 Å². The number of amides is 1. The maximum absolute atomic E-state index is 10.9. The number of ether oxygens (including phenoxy) is 1. The molecule has 0 radical (unpaired) electrons. The molecule has 1 aliphatic carbocycles. The number of hydrogen-bond acceptors (Lipinski definition) is 2. The average Bonchev–Trinajstić information content (AvgIpc) is 2.68. The normalized spacial score (nSPS) is 18.0. The highest BCUT2D eigenvalue weighted by atomic mass is 16.5. The van der Waals surface area contributed by atoms with E-state index in [1.165, 1.54) is 11.1 Å². The van der Waals surface area contributed by atoms with Crippen LogP contribution in [-0.4, -0.2) is 19.6 Å². The first-order valence-electron chi connectivity index (χ1n) is 5.60. The Bertz CT molecular complexity index is 401. The van der Waals surface area contributed by atoms with Crippen LogP contribution in [0.2, 0.25) is 0 Å². The highest BCUT2D eigenvalue weighted by Crippen LogP contribution is 2.33. The van der Waals surface area contributed by atoms with Crippen molar-refractivity contribution in [3.05, 3.63) is 29.3 Å². The highest BCUT2D eigenvalue weighted by molar-refractivity contribution is 5.72. The third kappa shape index (κ3) is 2.18. The molecule has 0 heterocycles. The number of nitrogens with one attached hydrogen (secondary N) is 1. The van der Waals surface area contributed by atoms with E-state index in [9.17, 15) is 4.79 Å². The molecule has 0 spiro atoms. The van der Waals surface area contributed by atoms with Gasteiger partial charge in [0.2, 0.25) is 5.91 Å². The van der Waals surface area contributed by atoms with Crippen LogP contribution in [0.15, 0.2) is 18.2 Å². The number of methoxy groups -OCH3 is 1. The van der Waals surface area contributed by atoms with Crippen molar-refractivity contribution in [2.24, 2.45) is 5.92 Å². The smallest absolute Gasteiger partial charge is 0.216 e. The second-order valence-electron chi connectivity index (χ2n) is 4.31. The van der Waals surface area contributed by atoms with Gasteiger partial charge in [-0.1, -0.05) is 12.1 Å². The van der Waals surface area contributed by atoms with Crippen molar-refractivity contribution in [1.29, 1.82) is 0 Å². The molecular formula is C13H17NO2. The van der Waals surface area contributed by atoms with Crippen LogP contribution in [0.5, 0.6) is 5.75 Å². The van der Waals surface area contributed by atoms with E-state index in [-0.39, 0.29) is 5.91 Å². The molecule has 0 fully saturated rings. The van der Waals surface area contributed by atoms with Gasteiger partial charge in [0.1, 0.15) is 5.75 Å². The Balaban J connectivity index is 2.06. The lowest BCUT2D eigenvalue weighted by molar-refractivity contribution is -0.119. The zero-order valence-electron chi connectivity index (χ0n) is 9.75. The summed E-state index contributed by atoms with van der Waals surface area (Å²) in [7, 11) is 1.71. The summed E-state index contributed by atoms with van der Waals surface area (Å²) in [6, 6.07) is 6.17. The number of fused-ring (bicyclic) bond motifs is 1. The molecule has 3 nitrogen and oxygen atoms in total. The molecule has 86 valence electrons. The Hall–Kier alpha value is -1.51. The van der Waals surface area contributed by atoms with Crippen molar-refractivity contribution in [3.8, 4) is 5.75 Å². The first-order valence-corrected chi connectivity index (χ1v) is 5.60. The van der Waals surface area contributed by atoms with Crippen LogP contribution in [0.3, 0.4) is 0 Å². The fourth-order valence-electron chi connectivity index (χ4n) is 2.33. The molecule has 1 N–H and O–H groups in total. The molecule has 1 amide bonds. The lowest BCUT2D eigenvalue weighted by Gasteiger charge is -2.09. The first kappa shape index (κ1) is 11.0. The van der Waals surface area contributed by atoms with Gasteiger partial charge in [0.05, 0.1) is 7.11 Å². The molecule has 0 saturated heterocycles. The lowest BCUT2D eigenvalue weighted by atomic mass is 10.1. The van der Waals surface area contributed by atoms with Gasteiger partial charge in [-0.3, -0.25) is 4.79 Å². The van der Waals surface area contributed by atoms with Gasteiger partial charge >= 0.3 is 0 Å². The summed E-state index contributed by atoms with van der Waals surface area (Å²) in [5.74, 6) is 1.53. The summed E-state index contributed by atoms with van der Waals surface area (Å²) in [4.78, 5) is 10.9. The summed E-state index contributed by atoms with van der Waals surface area (Å²) in [5, 5.41) is 2.88. The van der Waals surface area contributed by atoms with Crippen molar-refractivity contribution < 1.29 is 9.53 Å². The van der Waals surface area contributed by atoms with Crippen LogP contribution in [-0.2, 0) is 17.6 Å². The van der Waals surface area contributed by atoms with Gasteiger partial charge in [-0.05, 0) is 36.0 Å². The number of rotatable bonds is 3. The Morgan fingerprint density at radius 1 is 1.50 bits per heavy atom. The Morgan fingerprint density at radius 3 is 3.00 bits per heavy atom. The molecule has 1 unspecified atom stereocenters. The third-order valence-corrected chi connectivity index (χ3v) is 3.09. The van der Waals surface area contributed by atoms with Crippen LogP contribution in [0.1, 0.15) is 18.1 Å². The predicted molar refractivity (Wildman–Crippen MR) is 62.6 cm³/mol. The SMILES string of the molecule is COc1cccc2c1CC(CNC(C)=O)C2. The summed E-state index contributed by atoms with van der Waals surface area (Å²) >= 11 is 0. The fraction of sp³-hybridized carbons (Fsp3) is 0.462. The van der Waals surface area contributed by atoms with Gasteiger partial charge < -0.3 is 10.1 Å². The Kier molecular flexibility index (Phi) is 3.13. The van der Waals surface area contributed by atoms with E-state index in [2.05, 4.69) is 11.4 Å². The van der Waals surface area contributed by atoms with Crippen LogP contribution in [0.4, 0.5) is 0 Å². The van der Waals surface area contributed by atoms with Gasteiger partial charge in [-0.2, -0.15) is 0 Å². The van der Waals surface area contributed by atoms with Crippen LogP contribution < -0.4 is 10.1 Å². The molecular weight excluding hydrogens is 202 g/mol. The molecule has 0 aromatic heterocycles.